The molecular weight excluding hydrogens is 264 g/mol. The van der Waals surface area contributed by atoms with Gasteiger partial charge in [0.15, 0.2) is 0 Å². The molecule has 0 saturated heterocycles. The Morgan fingerprint density at radius 3 is 2.62 bits per heavy atom. The Bertz CT molecular complexity index is 787. The molecule has 21 heavy (non-hydrogen) atoms. The molecule has 2 N–H and O–H groups in total. The van der Waals surface area contributed by atoms with Crippen LogP contribution < -0.4 is 10.6 Å². The minimum atomic E-state index is -0.165. The number of nitrogens with zero attached hydrogens (tertiary/aromatic N) is 2. The van der Waals surface area contributed by atoms with E-state index in [4.69, 9.17) is 0 Å². The van der Waals surface area contributed by atoms with Crippen molar-refractivity contribution in [1.29, 1.82) is 0 Å². The quantitative estimate of drug-likeness (QED) is 0.773. The van der Waals surface area contributed by atoms with Gasteiger partial charge in [0.2, 0.25) is 0 Å². The highest BCUT2D eigenvalue weighted by molar-refractivity contribution is 6.14. The van der Waals surface area contributed by atoms with E-state index < -0.39 is 0 Å². The molecule has 5 heteroatoms. The van der Waals surface area contributed by atoms with Crippen LogP contribution in [0.5, 0.6) is 0 Å². The van der Waals surface area contributed by atoms with Gasteiger partial charge in [-0.3, -0.25) is 14.8 Å². The van der Waals surface area contributed by atoms with Crippen LogP contribution >= 0.6 is 0 Å². The zero-order valence-electron chi connectivity index (χ0n) is 11.5. The summed E-state index contributed by atoms with van der Waals surface area (Å²) in [6.45, 7) is 0. The van der Waals surface area contributed by atoms with E-state index in [0.717, 1.165) is 16.6 Å². The van der Waals surface area contributed by atoms with Crippen LogP contribution in [0.1, 0.15) is 10.4 Å². The number of nitrogens with one attached hydrogen (secondary N) is 2. The lowest BCUT2D eigenvalue weighted by Gasteiger charge is -2.10. The number of hydrogen-bond acceptors (Lipinski definition) is 4. The summed E-state index contributed by atoms with van der Waals surface area (Å²) in [6, 6.07) is 10.9. The fourth-order valence-corrected chi connectivity index (χ4v) is 2.21. The van der Waals surface area contributed by atoms with Gasteiger partial charge < -0.3 is 10.6 Å². The zero-order chi connectivity index (χ0) is 14.7. The van der Waals surface area contributed by atoms with Gasteiger partial charge in [-0.2, -0.15) is 0 Å². The highest BCUT2D eigenvalue weighted by atomic mass is 16.1. The average molecular weight is 278 g/mol. The molecule has 0 atom stereocenters. The first kappa shape index (κ1) is 13.1. The maximum Gasteiger partial charge on any atom is 0.256 e. The number of carbonyl (C=O) groups is 1. The van der Waals surface area contributed by atoms with Gasteiger partial charge in [0, 0.05) is 42.3 Å². The Hall–Kier alpha value is -2.95. The minimum absolute atomic E-state index is 0.165. The van der Waals surface area contributed by atoms with Crippen molar-refractivity contribution in [1.82, 2.24) is 9.97 Å². The fourth-order valence-electron chi connectivity index (χ4n) is 2.21. The van der Waals surface area contributed by atoms with Crippen LogP contribution in [0.2, 0.25) is 0 Å². The first-order chi connectivity index (χ1) is 10.3. The highest BCUT2D eigenvalue weighted by Crippen LogP contribution is 2.25. The van der Waals surface area contributed by atoms with Crippen molar-refractivity contribution in [2.24, 2.45) is 0 Å². The Balaban J connectivity index is 2.03. The number of carbonyl (C=O) groups excluding carboxylic acids is 1. The molecule has 3 aromatic rings. The van der Waals surface area contributed by atoms with Gasteiger partial charge in [-0.1, -0.05) is 6.07 Å². The molecule has 2 heterocycles. The third-order valence-electron chi connectivity index (χ3n) is 3.22. The van der Waals surface area contributed by atoms with Crippen LogP contribution in [0, 0.1) is 0 Å². The van der Waals surface area contributed by atoms with Gasteiger partial charge in [-0.05, 0) is 30.3 Å². The Labute approximate surface area is 122 Å². The topological polar surface area (TPSA) is 66.9 Å². The van der Waals surface area contributed by atoms with Gasteiger partial charge in [0.25, 0.3) is 5.91 Å². The normalized spacial score (nSPS) is 10.3. The maximum atomic E-state index is 12.4. The van der Waals surface area contributed by atoms with E-state index >= 15 is 0 Å². The number of amides is 1. The van der Waals surface area contributed by atoms with E-state index in [9.17, 15) is 4.79 Å². The van der Waals surface area contributed by atoms with Gasteiger partial charge in [0.05, 0.1) is 11.2 Å². The van der Waals surface area contributed by atoms with Crippen LogP contribution in [-0.2, 0) is 0 Å². The third kappa shape index (κ3) is 2.53. The van der Waals surface area contributed by atoms with Crippen molar-refractivity contribution in [2.45, 2.75) is 0 Å². The second kappa shape index (κ2) is 5.58. The summed E-state index contributed by atoms with van der Waals surface area (Å²) in [5, 5.41) is 6.76. The molecule has 2 aromatic heterocycles. The van der Waals surface area contributed by atoms with Crippen molar-refractivity contribution >= 4 is 28.2 Å². The van der Waals surface area contributed by atoms with E-state index in [1.165, 1.54) is 0 Å². The highest BCUT2D eigenvalue weighted by Gasteiger charge is 2.12. The molecule has 0 radical (unpaired) electrons. The molecule has 1 aromatic carbocycles. The Kier molecular flexibility index (Phi) is 3.47. The molecule has 104 valence electrons. The smallest absolute Gasteiger partial charge is 0.256 e. The van der Waals surface area contributed by atoms with E-state index in [1.807, 2.05) is 25.2 Å². The first-order valence-corrected chi connectivity index (χ1v) is 6.56. The number of rotatable bonds is 3. The number of aromatic nitrogens is 2. The second-order valence-electron chi connectivity index (χ2n) is 4.50. The summed E-state index contributed by atoms with van der Waals surface area (Å²) in [5.41, 5.74) is 2.98. The van der Waals surface area contributed by atoms with Gasteiger partial charge in [0.1, 0.15) is 0 Å². The van der Waals surface area contributed by atoms with Crippen molar-refractivity contribution in [3.8, 4) is 0 Å². The third-order valence-corrected chi connectivity index (χ3v) is 3.22. The number of pyridine rings is 2. The summed E-state index contributed by atoms with van der Waals surface area (Å²) in [4.78, 5) is 20.7. The molecule has 5 nitrogen and oxygen atoms in total. The summed E-state index contributed by atoms with van der Waals surface area (Å²) in [7, 11) is 1.83. The molecule has 3 rings (SSSR count). The molecule has 0 bridgehead atoms. The number of fused-ring (bicyclic) bond motifs is 1. The van der Waals surface area contributed by atoms with Crippen molar-refractivity contribution in [3.05, 3.63) is 60.6 Å². The number of benzene rings is 1. The predicted octanol–water partition coefficient (Wildman–Crippen LogP) is 2.92. The van der Waals surface area contributed by atoms with Crippen LogP contribution in [0.3, 0.4) is 0 Å². The standard InChI is InChI=1S/C16H14N4O/c1-17-14-5-4-13(12-3-2-8-19-15(12)14)16(21)20-11-6-9-18-10-7-11/h2-10,17H,1H3,(H,18,20,21). The molecule has 0 aliphatic rings. The summed E-state index contributed by atoms with van der Waals surface area (Å²) >= 11 is 0. The van der Waals surface area contributed by atoms with Gasteiger partial charge in [-0.25, -0.2) is 0 Å². The lowest BCUT2D eigenvalue weighted by Crippen LogP contribution is -2.12. The monoisotopic (exact) mass is 278 g/mol. The van der Waals surface area contributed by atoms with Crippen molar-refractivity contribution in [3.63, 3.8) is 0 Å². The second-order valence-corrected chi connectivity index (χ2v) is 4.50. The first-order valence-electron chi connectivity index (χ1n) is 6.56. The molecule has 1 amide bonds. The van der Waals surface area contributed by atoms with Gasteiger partial charge in [-0.15, -0.1) is 0 Å². The van der Waals surface area contributed by atoms with E-state index in [1.54, 1.807) is 36.8 Å². The molecule has 0 spiro atoms. The fraction of sp³-hybridized carbons (Fsp3) is 0.0625. The maximum absolute atomic E-state index is 12.4. The Morgan fingerprint density at radius 2 is 1.86 bits per heavy atom. The largest absolute Gasteiger partial charge is 0.386 e. The van der Waals surface area contributed by atoms with E-state index in [0.29, 0.717) is 11.3 Å². The van der Waals surface area contributed by atoms with Crippen LogP contribution in [0.4, 0.5) is 11.4 Å². The summed E-state index contributed by atoms with van der Waals surface area (Å²) in [5.74, 6) is -0.165. The van der Waals surface area contributed by atoms with Crippen LogP contribution in [0.15, 0.2) is 55.0 Å². The number of hydrogen-bond donors (Lipinski definition) is 2. The molecule has 0 fully saturated rings. The van der Waals surface area contributed by atoms with Crippen molar-refractivity contribution < 1.29 is 4.79 Å². The molecular formula is C16H14N4O. The minimum Gasteiger partial charge on any atom is -0.386 e. The van der Waals surface area contributed by atoms with E-state index in [2.05, 4.69) is 20.6 Å². The SMILES string of the molecule is CNc1ccc(C(=O)Nc2ccncc2)c2cccnc12. The predicted molar refractivity (Wildman–Crippen MR) is 83.5 cm³/mol. The van der Waals surface area contributed by atoms with Crippen LogP contribution in [-0.4, -0.2) is 22.9 Å². The van der Waals surface area contributed by atoms with Crippen molar-refractivity contribution in [2.75, 3.05) is 17.7 Å². The average Bonchev–Trinajstić information content (AvgIpc) is 2.54. The number of anilines is 2. The molecule has 0 saturated carbocycles. The van der Waals surface area contributed by atoms with Gasteiger partial charge >= 0.3 is 0 Å². The molecule has 0 unspecified atom stereocenters. The van der Waals surface area contributed by atoms with Crippen LogP contribution in [0.25, 0.3) is 10.9 Å². The molecule has 0 aliphatic heterocycles. The summed E-state index contributed by atoms with van der Waals surface area (Å²) in [6.07, 6.45) is 4.99. The lowest BCUT2D eigenvalue weighted by molar-refractivity contribution is 0.102. The summed E-state index contributed by atoms with van der Waals surface area (Å²) < 4.78 is 0. The zero-order valence-corrected chi connectivity index (χ0v) is 11.5. The molecule has 0 aliphatic carbocycles. The van der Waals surface area contributed by atoms with E-state index in [-0.39, 0.29) is 5.91 Å². The Morgan fingerprint density at radius 1 is 1.05 bits per heavy atom. The lowest BCUT2D eigenvalue weighted by atomic mass is 10.1.